The SMILES string of the molecule is Cc1coc(Sc2ccc(CNC3CC3)cc2Cl)n1. The second-order valence-corrected chi connectivity index (χ2v) is 6.18. The third-order valence-electron chi connectivity index (χ3n) is 2.96. The maximum Gasteiger partial charge on any atom is 0.260 e. The van der Waals surface area contributed by atoms with Crippen LogP contribution in [0.25, 0.3) is 0 Å². The molecule has 1 aromatic carbocycles. The largest absolute Gasteiger partial charge is 0.439 e. The number of oxazole rings is 1. The molecule has 3 rings (SSSR count). The molecule has 0 spiro atoms. The number of nitrogens with zero attached hydrogens (tertiary/aromatic N) is 1. The number of hydrogen-bond acceptors (Lipinski definition) is 4. The van der Waals surface area contributed by atoms with Crippen LogP contribution in [-0.2, 0) is 6.54 Å². The molecule has 1 aromatic heterocycles. The molecule has 0 atom stereocenters. The van der Waals surface area contributed by atoms with Gasteiger partial charge in [0.15, 0.2) is 0 Å². The molecule has 1 aliphatic rings. The highest BCUT2D eigenvalue weighted by Gasteiger charge is 2.20. The summed E-state index contributed by atoms with van der Waals surface area (Å²) >= 11 is 7.75. The topological polar surface area (TPSA) is 38.1 Å². The second-order valence-electron chi connectivity index (χ2n) is 4.78. The number of rotatable bonds is 5. The normalized spacial score (nSPS) is 14.8. The Bertz CT molecular complexity index is 581. The van der Waals surface area contributed by atoms with Crippen LogP contribution in [0.1, 0.15) is 24.1 Å². The first kappa shape index (κ1) is 13.0. The summed E-state index contributed by atoms with van der Waals surface area (Å²) in [5, 5.41) is 4.85. The van der Waals surface area contributed by atoms with Crippen molar-refractivity contribution in [3.05, 3.63) is 40.7 Å². The lowest BCUT2D eigenvalue weighted by atomic mass is 10.2. The van der Waals surface area contributed by atoms with Crippen LogP contribution in [0, 0.1) is 6.92 Å². The van der Waals surface area contributed by atoms with Gasteiger partial charge in [-0.1, -0.05) is 17.7 Å². The number of aromatic nitrogens is 1. The maximum absolute atomic E-state index is 6.30. The molecule has 0 radical (unpaired) electrons. The summed E-state index contributed by atoms with van der Waals surface area (Å²) in [6.07, 6.45) is 4.24. The molecule has 2 aromatic rings. The summed E-state index contributed by atoms with van der Waals surface area (Å²) in [5.74, 6) is 0. The van der Waals surface area contributed by atoms with Gasteiger partial charge in [-0.2, -0.15) is 0 Å². The zero-order valence-corrected chi connectivity index (χ0v) is 12.2. The fourth-order valence-corrected chi connectivity index (χ4v) is 2.85. The van der Waals surface area contributed by atoms with Gasteiger partial charge < -0.3 is 9.73 Å². The van der Waals surface area contributed by atoms with Crippen LogP contribution in [0.3, 0.4) is 0 Å². The minimum atomic E-state index is 0.628. The van der Waals surface area contributed by atoms with Crippen LogP contribution in [0.2, 0.25) is 5.02 Å². The van der Waals surface area contributed by atoms with E-state index >= 15 is 0 Å². The highest BCUT2D eigenvalue weighted by molar-refractivity contribution is 7.99. The second kappa shape index (κ2) is 5.57. The Balaban J connectivity index is 1.67. The average molecular weight is 295 g/mol. The molecule has 1 heterocycles. The Morgan fingerprint density at radius 1 is 1.47 bits per heavy atom. The number of benzene rings is 1. The summed E-state index contributed by atoms with van der Waals surface area (Å²) in [5.41, 5.74) is 2.09. The van der Waals surface area contributed by atoms with Crippen LogP contribution < -0.4 is 5.32 Å². The van der Waals surface area contributed by atoms with Crippen LogP contribution in [0.15, 0.2) is 39.0 Å². The zero-order chi connectivity index (χ0) is 13.2. The molecule has 1 aliphatic carbocycles. The molecule has 0 aliphatic heterocycles. The minimum Gasteiger partial charge on any atom is -0.439 e. The molecule has 1 fully saturated rings. The lowest BCUT2D eigenvalue weighted by Crippen LogP contribution is -2.15. The fourth-order valence-electron chi connectivity index (χ4n) is 1.76. The van der Waals surface area contributed by atoms with Gasteiger partial charge >= 0.3 is 0 Å². The molecule has 0 bridgehead atoms. The lowest BCUT2D eigenvalue weighted by Gasteiger charge is -2.06. The first-order chi connectivity index (χ1) is 9.20. The van der Waals surface area contributed by atoms with Gasteiger partial charge in [0.05, 0.1) is 10.7 Å². The highest BCUT2D eigenvalue weighted by atomic mass is 35.5. The predicted octanol–water partition coefficient (Wildman–Crippen LogP) is 4.04. The standard InChI is InChI=1S/C14H15ClN2OS/c1-9-8-18-14(17-9)19-13-5-2-10(6-12(13)15)7-16-11-3-4-11/h2,5-6,8,11,16H,3-4,7H2,1H3. The van der Waals surface area contributed by atoms with Crippen molar-refractivity contribution < 1.29 is 4.42 Å². The Labute approximate surface area is 121 Å². The van der Waals surface area contributed by atoms with Crippen LogP contribution in [-0.4, -0.2) is 11.0 Å². The monoisotopic (exact) mass is 294 g/mol. The van der Waals surface area contributed by atoms with E-state index in [1.54, 1.807) is 6.26 Å². The fraction of sp³-hybridized carbons (Fsp3) is 0.357. The van der Waals surface area contributed by atoms with E-state index in [0.717, 1.165) is 22.2 Å². The third kappa shape index (κ3) is 3.53. The van der Waals surface area contributed by atoms with Crippen molar-refractivity contribution in [1.29, 1.82) is 0 Å². The lowest BCUT2D eigenvalue weighted by molar-refractivity contribution is 0.454. The Morgan fingerprint density at radius 2 is 2.32 bits per heavy atom. The van der Waals surface area contributed by atoms with Gasteiger partial charge in [0.2, 0.25) is 0 Å². The highest BCUT2D eigenvalue weighted by Crippen LogP contribution is 2.33. The van der Waals surface area contributed by atoms with E-state index in [-0.39, 0.29) is 0 Å². The number of aryl methyl sites for hydroxylation is 1. The van der Waals surface area contributed by atoms with Gasteiger partial charge in [-0.3, -0.25) is 0 Å². The van der Waals surface area contributed by atoms with E-state index in [4.69, 9.17) is 16.0 Å². The van der Waals surface area contributed by atoms with Crippen molar-refractivity contribution in [3.63, 3.8) is 0 Å². The van der Waals surface area contributed by atoms with Crippen molar-refractivity contribution in [3.8, 4) is 0 Å². The Hall–Kier alpha value is -0.970. The molecule has 0 unspecified atom stereocenters. The van der Waals surface area contributed by atoms with E-state index < -0.39 is 0 Å². The maximum atomic E-state index is 6.30. The van der Waals surface area contributed by atoms with Crippen molar-refractivity contribution in [1.82, 2.24) is 10.3 Å². The van der Waals surface area contributed by atoms with Crippen molar-refractivity contribution in [2.75, 3.05) is 0 Å². The molecule has 1 N–H and O–H groups in total. The number of hydrogen-bond donors (Lipinski definition) is 1. The van der Waals surface area contributed by atoms with Crippen molar-refractivity contribution in [2.24, 2.45) is 0 Å². The van der Waals surface area contributed by atoms with Crippen LogP contribution >= 0.6 is 23.4 Å². The number of halogens is 1. The summed E-state index contributed by atoms with van der Waals surface area (Å²) in [4.78, 5) is 5.23. The van der Waals surface area contributed by atoms with Gasteiger partial charge in [-0.05, 0) is 49.2 Å². The first-order valence-corrected chi connectivity index (χ1v) is 7.52. The van der Waals surface area contributed by atoms with E-state index in [1.807, 2.05) is 19.1 Å². The minimum absolute atomic E-state index is 0.628. The summed E-state index contributed by atoms with van der Waals surface area (Å²) in [7, 11) is 0. The number of nitrogens with one attached hydrogen (secondary N) is 1. The quantitative estimate of drug-likeness (QED) is 0.903. The Morgan fingerprint density at radius 3 is 2.95 bits per heavy atom. The molecular formula is C14H15ClN2OS. The van der Waals surface area contributed by atoms with Crippen molar-refractivity contribution in [2.45, 2.75) is 42.5 Å². The van der Waals surface area contributed by atoms with Gasteiger partial charge in [-0.25, -0.2) is 4.98 Å². The first-order valence-electron chi connectivity index (χ1n) is 6.32. The zero-order valence-electron chi connectivity index (χ0n) is 10.6. The third-order valence-corrected chi connectivity index (χ3v) is 4.33. The molecular weight excluding hydrogens is 280 g/mol. The van der Waals surface area contributed by atoms with Gasteiger partial charge in [0.1, 0.15) is 6.26 Å². The molecule has 100 valence electrons. The Kier molecular flexibility index (Phi) is 3.82. The average Bonchev–Trinajstić information content (AvgIpc) is 3.13. The summed E-state index contributed by atoms with van der Waals surface area (Å²) in [6, 6.07) is 6.84. The smallest absolute Gasteiger partial charge is 0.260 e. The van der Waals surface area contributed by atoms with Gasteiger partial charge in [0, 0.05) is 17.5 Å². The van der Waals surface area contributed by atoms with E-state index in [2.05, 4.69) is 16.4 Å². The summed E-state index contributed by atoms with van der Waals surface area (Å²) in [6.45, 7) is 2.79. The molecule has 5 heteroatoms. The summed E-state index contributed by atoms with van der Waals surface area (Å²) < 4.78 is 5.32. The van der Waals surface area contributed by atoms with Crippen molar-refractivity contribution >= 4 is 23.4 Å². The van der Waals surface area contributed by atoms with Gasteiger partial charge in [0.25, 0.3) is 5.22 Å². The molecule has 1 saturated carbocycles. The van der Waals surface area contributed by atoms with E-state index in [1.165, 1.54) is 30.2 Å². The molecule has 0 saturated heterocycles. The molecule has 0 amide bonds. The van der Waals surface area contributed by atoms with Gasteiger partial charge in [-0.15, -0.1) is 0 Å². The molecule has 19 heavy (non-hydrogen) atoms. The predicted molar refractivity (Wildman–Crippen MR) is 76.7 cm³/mol. The van der Waals surface area contributed by atoms with E-state index in [0.29, 0.717) is 11.3 Å². The van der Waals surface area contributed by atoms with E-state index in [9.17, 15) is 0 Å². The van der Waals surface area contributed by atoms with Crippen LogP contribution in [0.4, 0.5) is 0 Å². The van der Waals surface area contributed by atoms with Crippen LogP contribution in [0.5, 0.6) is 0 Å². The molecule has 3 nitrogen and oxygen atoms in total.